The molecular weight excluding hydrogens is 272 g/mol. The van der Waals surface area contributed by atoms with Gasteiger partial charge in [0.1, 0.15) is 5.52 Å². The number of pyridine rings is 1. The first-order valence-electron chi connectivity index (χ1n) is 7.78. The summed E-state index contributed by atoms with van der Waals surface area (Å²) in [6, 6.07) is 10.8. The minimum Gasteiger partial charge on any atom is -0.317 e. The molecule has 0 saturated carbocycles. The molecule has 0 bridgehead atoms. The van der Waals surface area contributed by atoms with E-state index in [2.05, 4.69) is 44.5 Å². The predicted molar refractivity (Wildman–Crippen MR) is 87.6 cm³/mol. The van der Waals surface area contributed by atoms with Gasteiger partial charge in [0.2, 0.25) is 0 Å². The SMILES string of the molecule is c1cnc2cc(-c3ccc(C4CCNCC4)cc3)ncc2n1. The Labute approximate surface area is 129 Å². The fourth-order valence-corrected chi connectivity index (χ4v) is 3.11. The second-order valence-corrected chi connectivity index (χ2v) is 5.76. The first-order valence-corrected chi connectivity index (χ1v) is 7.78. The van der Waals surface area contributed by atoms with Crippen molar-refractivity contribution < 1.29 is 0 Å². The van der Waals surface area contributed by atoms with Gasteiger partial charge in [-0.15, -0.1) is 0 Å². The molecule has 0 unspecified atom stereocenters. The van der Waals surface area contributed by atoms with Crippen molar-refractivity contribution in [3.05, 3.63) is 54.5 Å². The van der Waals surface area contributed by atoms with E-state index in [0.29, 0.717) is 5.92 Å². The summed E-state index contributed by atoms with van der Waals surface area (Å²) in [5.41, 5.74) is 5.23. The van der Waals surface area contributed by atoms with Gasteiger partial charge in [-0.2, -0.15) is 0 Å². The van der Waals surface area contributed by atoms with Crippen LogP contribution < -0.4 is 5.32 Å². The van der Waals surface area contributed by atoms with E-state index in [1.165, 1.54) is 18.4 Å². The molecule has 1 fully saturated rings. The number of aromatic nitrogens is 3. The molecule has 2 aromatic heterocycles. The number of hydrogen-bond acceptors (Lipinski definition) is 4. The molecule has 1 aromatic carbocycles. The number of nitrogens with one attached hydrogen (secondary N) is 1. The van der Waals surface area contributed by atoms with Crippen LogP contribution in [0.2, 0.25) is 0 Å². The lowest BCUT2D eigenvalue weighted by atomic mass is 9.89. The largest absolute Gasteiger partial charge is 0.317 e. The van der Waals surface area contributed by atoms with Crippen LogP contribution in [0, 0.1) is 0 Å². The van der Waals surface area contributed by atoms with E-state index < -0.39 is 0 Å². The Morgan fingerprint density at radius 3 is 2.36 bits per heavy atom. The van der Waals surface area contributed by atoms with E-state index in [4.69, 9.17) is 0 Å². The van der Waals surface area contributed by atoms with Gasteiger partial charge in [0.05, 0.1) is 17.4 Å². The van der Waals surface area contributed by atoms with Crippen molar-refractivity contribution in [2.45, 2.75) is 18.8 Å². The number of piperidine rings is 1. The molecule has 22 heavy (non-hydrogen) atoms. The molecule has 110 valence electrons. The molecule has 0 radical (unpaired) electrons. The molecule has 3 heterocycles. The van der Waals surface area contributed by atoms with Crippen LogP contribution in [0.4, 0.5) is 0 Å². The average molecular weight is 290 g/mol. The van der Waals surface area contributed by atoms with Crippen molar-refractivity contribution in [3.8, 4) is 11.3 Å². The number of nitrogens with zero attached hydrogens (tertiary/aromatic N) is 3. The summed E-state index contributed by atoms with van der Waals surface area (Å²) in [6.45, 7) is 2.24. The lowest BCUT2D eigenvalue weighted by molar-refractivity contribution is 0.460. The summed E-state index contributed by atoms with van der Waals surface area (Å²) in [6.07, 6.45) is 7.65. The van der Waals surface area contributed by atoms with Crippen LogP contribution in [-0.2, 0) is 0 Å². The predicted octanol–water partition coefficient (Wildman–Crippen LogP) is 3.16. The third kappa shape index (κ3) is 2.57. The van der Waals surface area contributed by atoms with E-state index >= 15 is 0 Å². The number of fused-ring (bicyclic) bond motifs is 1. The summed E-state index contributed by atoms with van der Waals surface area (Å²) in [4.78, 5) is 13.1. The molecule has 1 N–H and O–H groups in total. The van der Waals surface area contributed by atoms with E-state index in [9.17, 15) is 0 Å². The Balaban J connectivity index is 1.63. The maximum atomic E-state index is 4.51. The monoisotopic (exact) mass is 290 g/mol. The quantitative estimate of drug-likeness (QED) is 0.787. The topological polar surface area (TPSA) is 50.7 Å². The fourth-order valence-electron chi connectivity index (χ4n) is 3.11. The van der Waals surface area contributed by atoms with Crippen molar-refractivity contribution in [1.29, 1.82) is 0 Å². The molecule has 1 aliphatic rings. The Kier molecular flexibility index (Phi) is 3.52. The Bertz CT molecular complexity index is 776. The number of benzene rings is 1. The molecule has 0 spiro atoms. The summed E-state index contributed by atoms with van der Waals surface area (Å²) in [5, 5.41) is 3.42. The van der Waals surface area contributed by atoms with Gasteiger partial charge in [0.25, 0.3) is 0 Å². The number of hydrogen-bond donors (Lipinski definition) is 1. The molecule has 4 heteroatoms. The van der Waals surface area contributed by atoms with Crippen LogP contribution in [0.25, 0.3) is 22.3 Å². The second kappa shape index (κ2) is 5.81. The summed E-state index contributed by atoms with van der Waals surface area (Å²) < 4.78 is 0. The third-order valence-electron chi connectivity index (χ3n) is 4.37. The van der Waals surface area contributed by atoms with Gasteiger partial charge < -0.3 is 5.32 Å². The van der Waals surface area contributed by atoms with Crippen molar-refractivity contribution in [2.24, 2.45) is 0 Å². The standard InChI is InChI=1S/C18H18N4/c1-3-15(4-2-13(1)14-5-7-19-8-6-14)16-11-17-18(12-22-16)21-10-9-20-17/h1-4,9-12,14,19H,5-8H2. The maximum Gasteiger partial charge on any atom is 0.107 e. The molecule has 0 aliphatic carbocycles. The van der Waals surface area contributed by atoms with Gasteiger partial charge in [-0.25, -0.2) is 0 Å². The highest BCUT2D eigenvalue weighted by molar-refractivity contribution is 5.78. The van der Waals surface area contributed by atoms with Crippen molar-refractivity contribution in [1.82, 2.24) is 20.3 Å². The molecule has 4 nitrogen and oxygen atoms in total. The van der Waals surface area contributed by atoms with Crippen molar-refractivity contribution in [3.63, 3.8) is 0 Å². The van der Waals surface area contributed by atoms with Crippen LogP contribution >= 0.6 is 0 Å². The lowest BCUT2D eigenvalue weighted by Crippen LogP contribution is -2.26. The summed E-state index contributed by atoms with van der Waals surface area (Å²) in [5.74, 6) is 0.686. The van der Waals surface area contributed by atoms with E-state index in [1.54, 1.807) is 18.6 Å². The third-order valence-corrected chi connectivity index (χ3v) is 4.37. The molecule has 1 saturated heterocycles. The van der Waals surface area contributed by atoms with Gasteiger partial charge in [-0.3, -0.25) is 15.0 Å². The van der Waals surface area contributed by atoms with E-state index in [1.807, 2.05) is 6.07 Å². The lowest BCUT2D eigenvalue weighted by Gasteiger charge is -2.23. The van der Waals surface area contributed by atoms with Crippen molar-refractivity contribution >= 4 is 11.0 Å². The van der Waals surface area contributed by atoms with Gasteiger partial charge >= 0.3 is 0 Å². The average Bonchev–Trinajstić information content (AvgIpc) is 2.62. The van der Waals surface area contributed by atoms with Crippen molar-refractivity contribution in [2.75, 3.05) is 13.1 Å². The van der Waals surface area contributed by atoms with Gasteiger partial charge in [-0.1, -0.05) is 24.3 Å². The smallest absolute Gasteiger partial charge is 0.107 e. The molecule has 4 rings (SSSR count). The summed E-state index contributed by atoms with van der Waals surface area (Å²) in [7, 11) is 0. The first kappa shape index (κ1) is 13.3. The molecule has 0 atom stereocenters. The molecular formula is C18H18N4. The highest BCUT2D eigenvalue weighted by atomic mass is 14.9. The second-order valence-electron chi connectivity index (χ2n) is 5.76. The minimum absolute atomic E-state index is 0.686. The van der Waals surface area contributed by atoms with Crippen LogP contribution in [0.1, 0.15) is 24.3 Å². The highest BCUT2D eigenvalue weighted by Gasteiger charge is 2.15. The molecule has 1 aliphatic heterocycles. The molecule has 0 amide bonds. The van der Waals surface area contributed by atoms with E-state index in [-0.39, 0.29) is 0 Å². The fraction of sp³-hybridized carbons (Fsp3) is 0.278. The Morgan fingerprint density at radius 1 is 0.864 bits per heavy atom. The molecule has 3 aromatic rings. The van der Waals surface area contributed by atoms with Crippen LogP contribution in [0.5, 0.6) is 0 Å². The van der Waals surface area contributed by atoms with Gasteiger partial charge in [0.15, 0.2) is 0 Å². The zero-order valence-corrected chi connectivity index (χ0v) is 12.4. The Morgan fingerprint density at radius 2 is 1.59 bits per heavy atom. The van der Waals surface area contributed by atoms with Crippen LogP contribution in [0.3, 0.4) is 0 Å². The van der Waals surface area contributed by atoms with Gasteiger partial charge in [-0.05, 0) is 43.5 Å². The van der Waals surface area contributed by atoms with Crippen LogP contribution in [0.15, 0.2) is 48.9 Å². The highest BCUT2D eigenvalue weighted by Crippen LogP contribution is 2.27. The summed E-state index contributed by atoms with van der Waals surface area (Å²) >= 11 is 0. The zero-order valence-electron chi connectivity index (χ0n) is 12.4. The number of rotatable bonds is 2. The first-order chi connectivity index (χ1) is 10.9. The maximum absolute atomic E-state index is 4.51. The Hall–Kier alpha value is -2.33. The zero-order chi connectivity index (χ0) is 14.8. The normalized spacial score (nSPS) is 16.0. The minimum atomic E-state index is 0.686. The van der Waals surface area contributed by atoms with Gasteiger partial charge in [0, 0.05) is 18.0 Å². The van der Waals surface area contributed by atoms with E-state index in [0.717, 1.165) is 35.4 Å². The van der Waals surface area contributed by atoms with Crippen LogP contribution in [-0.4, -0.2) is 28.0 Å².